The summed E-state index contributed by atoms with van der Waals surface area (Å²) in [6.07, 6.45) is -0.319. The maximum atomic E-state index is 6.09. The zero-order valence-electron chi connectivity index (χ0n) is 16.1. The highest BCUT2D eigenvalue weighted by atomic mass is 35.5. The molecule has 2 aromatic carbocycles. The molecule has 0 N–H and O–H groups in total. The van der Waals surface area contributed by atoms with Crippen molar-refractivity contribution in [2.45, 2.75) is 56.1 Å². The highest BCUT2D eigenvalue weighted by molar-refractivity contribution is 7.99. The van der Waals surface area contributed by atoms with Gasteiger partial charge in [0.2, 0.25) is 0 Å². The van der Waals surface area contributed by atoms with E-state index in [0.717, 1.165) is 20.4 Å². The van der Waals surface area contributed by atoms with Gasteiger partial charge >= 0.3 is 0 Å². The minimum atomic E-state index is -0.319. The van der Waals surface area contributed by atoms with E-state index in [2.05, 4.69) is 52.8 Å². The molecular weight excluding hydrogens is 364 g/mol. The van der Waals surface area contributed by atoms with Gasteiger partial charge in [0.1, 0.15) is 0 Å². The van der Waals surface area contributed by atoms with Crippen molar-refractivity contribution in [2.75, 3.05) is 13.2 Å². The molecule has 0 aromatic heterocycles. The zero-order chi connectivity index (χ0) is 18.9. The number of hydrogen-bond donors (Lipinski definition) is 0. The molecule has 1 aliphatic rings. The fourth-order valence-corrected chi connectivity index (χ4v) is 3.85. The monoisotopic (exact) mass is 390 g/mol. The third-order valence-electron chi connectivity index (χ3n) is 4.42. The van der Waals surface area contributed by atoms with Gasteiger partial charge in [0.25, 0.3) is 0 Å². The van der Waals surface area contributed by atoms with E-state index in [-0.39, 0.29) is 17.1 Å². The van der Waals surface area contributed by atoms with Crippen LogP contribution in [-0.4, -0.2) is 13.2 Å². The minimum Gasteiger partial charge on any atom is -0.348 e. The van der Waals surface area contributed by atoms with Gasteiger partial charge in [0.05, 0.1) is 13.2 Å². The predicted molar refractivity (Wildman–Crippen MR) is 109 cm³/mol. The molecule has 0 atom stereocenters. The predicted octanol–water partition coefficient (Wildman–Crippen LogP) is 6.86. The molecule has 0 radical (unpaired) electrons. The highest BCUT2D eigenvalue weighted by Crippen LogP contribution is 2.40. The first-order valence-corrected chi connectivity index (χ1v) is 10.1. The van der Waals surface area contributed by atoms with Gasteiger partial charge < -0.3 is 9.47 Å². The van der Waals surface area contributed by atoms with Crippen LogP contribution in [0.4, 0.5) is 0 Å². The molecule has 1 saturated heterocycles. The second-order valence-corrected chi connectivity index (χ2v) is 10.2. The Morgan fingerprint density at radius 1 is 1.00 bits per heavy atom. The minimum absolute atomic E-state index is 0.0572. The summed E-state index contributed by atoms with van der Waals surface area (Å²) < 4.78 is 12.2. The Bertz CT molecular complexity index is 753. The molecule has 0 unspecified atom stereocenters. The average Bonchev–Trinajstić information content (AvgIpc) is 2.56. The summed E-state index contributed by atoms with van der Waals surface area (Å²) in [6.45, 7) is 12.4. The topological polar surface area (TPSA) is 18.5 Å². The average molecular weight is 391 g/mol. The van der Waals surface area contributed by atoms with E-state index in [0.29, 0.717) is 13.2 Å². The molecule has 4 heteroatoms. The fourth-order valence-electron chi connectivity index (χ4n) is 2.79. The van der Waals surface area contributed by atoms with Crippen LogP contribution in [0.5, 0.6) is 0 Å². The summed E-state index contributed by atoms with van der Waals surface area (Å²) in [5.41, 5.74) is 2.52. The lowest BCUT2D eigenvalue weighted by Crippen LogP contribution is -2.34. The lowest BCUT2D eigenvalue weighted by Gasteiger charge is -2.35. The lowest BCUT2D eigenvalue weighted by molar-refractivity contribution is -0.227. The largest absolute Gasteiger partial charge is 0.348 e. The Balaban J connectivity index is 1.93. The molecule has 0 bridgehead atoms. The summed E-state index contributed by atoms with van der Waals surface area (Å²) in [6, 6.07) is 14.5. The molecular formula is C22H27ClO2S. The van der Waals surface area contributed by atoms with Crippen molar-refractivity contribution in [3.05, 3.63) is 58.6 Å². The summed E-state index contributed by atoms with van der Waals surface area (Å²) in [4.78, 5) is 2.31. The van der Waals surface area contributed by atoms with E-state index in [9.17, 15) is 0 Å². The Morgan fingerprint density at radius 3 is 2.19 bits per heavy atom. The quantitative estimate of drug-likeness (QED) is 0.570. The summed E-state index contributed by atoms with van der Waals surface area (Å²) in [5, 5.41) is 0.749. The smallest absolute Gasteiger partial charge is 0.184 e. The van der Waals surface area contributed by atoms with Crippen LogP contribution in [0.15, 0.2) is 52.3 Å². The lowest BCUT2D eigenvalue weighted by atomic mass is 9.86. The van der Waals surface area contributed by atoms with Crippen molar-refractivity contribution in [2.24, 2.45) is 5.41 Å². The third-order valence-corrected chi connectivity index (χ3v) is 5.77. The van der Waals surface area contributed by atoms with E-state index in [1.807, 2.05) is 24.3 Å². The molecule has 0 spiro atoms. The van der Waals surface area contributed by atoms with Gasteiger partial charge in [-0.2, -0.15) is 0 Å². The van der Waals surface area contributed by atoms with E-state index >= 15 is 0 Å². The van der Waals surface area contributed by atoms with Gasteiger partial charge in [0, 0.05) is 25.8 Å². The van der Waals surface area contributed by atoms with Crippen LogP contribution in [-0.2, 0) is 14.9 Å². The van der Waals surface area contributed by atoms with Gasteiger partial charge in [-0.3, -0.25) is 0 Å². The van der Waals surface area contributed by atoms with Gasteiger partial charge in [0.15, 0.2) is 6.29 Å². The zero-order valence-corrected chi connectivity index (χ0v) is 17.7. The summed E-state index contributed by atoms with van der Waals surface area (Å²) >= 11 is 7.73. The molecule has 0 amide bonds. The molecule has 3 rings (SSSR count). The van der Waals surface area contributed by atoms with E-state index in [1.165, 1.54) is 5.56 Å². The van der Waals surface area contributed by atoms with Crippen LogP contribution in [0.25, 0.3) is 0 Å². The second kappa shape index (κ2) is 7.55. The standard InChI is InChI=1S/C22H27ClO2S/c1-21(2,3)15-6-11-19(26-17-9-7-16(23)8-10-17)18(12-15)20-24-13-22(4,5)14-25-20/h6-12,20H,13-14H2,1-5H3. The maximum Gasteiger partial charge on any atom is 0.184 e. The number of benzene rings is 2. The normalized spacial score (nSPS) is 18.1. The number of hydrogen-bond acceptors (Lipinski definition) is 3. The van der Waals surface area contributed by atoms with E-state index in [1.54, 1.807) is 11.8 Å². The van der Waals surface area contributed by atoms with Crippen molar-refractivity contribution in [3.8, 4) is 0 Å². The second-order valence-electron chi connectivity index (χ2n) is 8.68. The van der Waals surface area contributed by atoms with Crippen molar-refractivity contribution in [1.82, 2.24) is 0 Å². The van der Waals surface area contributed by atoms with Crippen molar-refractivity contribution in [1.29, 1.82) is 0 Å². The highest BCUT2D eigenvalue weighted by Gasteiger charge is 2.31. The first-order chi connectivity index (χ1) is 12.1. The number of ether oxygens (including phenoxy) is 2. The number of rotatable bonds is 3. The van der Waals surface area contributed by atoms with Crippen LogP contribution in [0.3, 0.4) is 0 Å². The first-order valence-electron chi connectivity index (χ1n) is 8.95. The molecule has 1 aliphatic heterocycles. The van der Waals surface area contributed by atoms with Gasteiger partial charge in [-0.15, -0.1) is 0 Å². The molecule has 140 valence electrons. The van der Waals surface area contributed by atoms with Crippen LogP contribution in [0, 0.1) is 5.41 Å². The summed E-state index contributed by atoms with van der Waals surface area (Å²) in [7, 11) is 0. The Hall–Kier alpha value is -1.00. The molecule has 1 fully saturated rings. The molecule has 2 aromatic rings. The van der Waals surface area contributed by atoms with E-state index < -0.39 is 0 Å². The molecule has 2 nitrogen and oxygen atoms in total. The Morgan fingerprint density at radius 2 is 1.62 bits per heavy atom. The number of halogens is 1. The van der Waals surface area contributed by atoms with Crippen LogP contribution >= 0.6 is 23.4 Å². The third kappa shape index (κ3) is 4.83. The SMILES string of the molecule is CC1(C)COC(c2cc(C(C)(C)C)ccc2Sc2ccc(Cl)cc2)OC1. The first kappa shape index (κ1) is 19.8. The van der Waals surface area contributed by atoms with Crippen molar-refractivity contribution < 1.29 is 9.47 Å². The van der Waals surface area contributed by atoms with Gasteiger partial charge in [-0.05, 0) is 47.4 Å². The maximum absolute atomic E-state index is 6.09. The van der Waals surface area contributed by atoms with Gasteiger partial charge in [-0.1, -0.05) is 64.0 Å². The van der Waals surface area contributed by atoms with Crippen LogP contribution in [0.1, 0.15) is 52.0 Å². The van der Waals surface area contributed by atoms with Crippen molar-refractivity contribution >= 4 is 23.4 Å². The summed E-state index contributed by atoms with van der Waals surface area (Å²) in [5.74, 6) is 0. The molecule has 0 saturated carbocycles. The van der Waals surface area contributed by atoms with Crippen LogP contribution < -0.4 is 0 Å². The Kier molecular flexibility index (Phi) is 5.74. The molecule has 26 heavy (non-hydrogen) atoms. The van der Waals surface area contributed by atoms with Gasteiger partial charge in [-0.25, -0.2) is 0 Å². The molecule has 0 aliphatic carbocycles. The van der Waals surface area contributed by atoms with E-state index in [4.69, 9.17) is 21.1 Å². The Labute approximate surface area is 166 Å². The fraction of sp³-hybridized carbons (Fsp3) is 0.455. The molecule has 1 heterocycles. The van der Waals surface area contributed by atoms with Crippen LogP contribution in [0.2, 0.25) is 5.02 Å². The van der Waals surface area contributed by atoms with Crippen molar-refractivity contribution in [3.63, 3.8) is 0 Å².